The van der Waals surface area contributed by atoms with Gasteiger partial charge in [0.15, 0.2) is 34.6 Å². The molecule has 0 bridgehead atoms. The molecule has 0 fully saturated rings. The van der Waals surface area contributed by atoms with Crippen LogP contribution < -0.4 is 0 Å². The van der Waals surface area contributed by atoms with Crippen LogP contribution in [0.1, 0.15) is 29.7 Å². The van der Waals surface area contributed by atoms with Crippen molar-refractivity contribution in [1.29, 1.82) is 31.6 Å². The summed E-state index contributed by atoms with van der Waals surface area (Å²) >= 11 is 0. The number of nitriles is 6. The Labute approximate surface area is 181 Å². The highest BCUT2D eigenvalue weighted by Gasteiger charge is 2.53. The van der Waals surface area contributed by atoms with Crippen LogP contribution >= 0.6 is 0 Å². The third-order valence-electron chi connectivity index (χ3n) is 5.36. The lowest BCUT2D eigenvalue weighted by molar-refractivity contribution is 0.379. The van der Waals surface area contributed by atoms with Crippen LogP contribution in [0.25, 0.3) is 5.70 Å². The van der Waals surface area contributed by atoms with Gasteiger partial charge >= 0.3 is 0 Å². The van der Waals surface area contributed by atoms with Gasteiger partial charge in [0, 0.05) is 7.05 Å². The highest BCUT2D eigenvalue weighted by molar-refractivity contribution is 6.53. The summed E-state index contributed by atoms with van der Waals surface area (Å²) in [7, 11) is 1.55. The predicted octanol–water partition coefficient (Wildman–Crippen LogP) is 0.231. The molecular formula is C20H8N12. The fraction of sp³-hybridized carbons (Fsp3) is 0.250. The molecule has 12 nitrogen and oxygen atoms in total. The summed E-state index contributed by atoms with van der Waals surface area (Å²) in [6.45, 7) is 1.59. The average Bonchev–Trinajstić information content (AvgIpc) is 2.81. The Morgan fingerprint density at radius 3 is 2.09 bits per heavy atom. The number of rotatable bonds is 0. The number of hydrogen-bond donors (Lipinski definition) is 0. The molecule has 148 valence electrons. The Morgan fingerprint density at radius 1 is 0.875 bits per heavy atom. The molecule has 32 heavy (non-hydrogen) atoms. The van der Waals surface area contributed by atoms with E-state index in [-0.39, 0.29) is 51.3 Å². The van der Waals surface area contributed by atoms with Gasteiger partial charge in [-0.1, -0.05) is 0 Å². The summed E-state index contributed by atoms with van der Waals surface area (Å²) in [5, 5.41) is 57.0. The van der Waals surface area contributed by atoms with E-state index in [1.165, 1.54) is 4.90 Å². The van der Waals surface area contributed by atoms with E-state index >= 15 is 0 Å². The van der Waals surface area contributed by atoms with Crippen LogP contribution in [0.3, 0.4) is 0 Å². The first-order valence-electron chi connectivity index (χ1n) is 8.95. The molecule has 0 radical (unpaired) electrons. The molecule has 0 N–H and O–H groups in total. The molecule has 0 saturated carbocycles. The lowest BCUT2D eigenvalue weighted by atomic mass is 9.77. The van der Waals surface area contributed by atoms with Crippen LogP contribution in [0.15, 0.2) is 20.7 Å². The zero-order valence-electron chi connectivity index (χ0n) is 16.5. The van der Waals surface area contributed by atoms with Crippen molar-refractivity contribution in [3.8, 4) is 36.4 Å². The minimum absolute atomic E-state index is 0.0922. The minimum Gasteiger partial charge on any atom is -0.350 e. The first-order chi connectivity index (χ1) is 15.4. The van der Waals surface area contributed by atoms with Crippen molar-refractivity contribution >= 4 is 22.8 Å². The predicted molar refractivity (Wildman–Crippen MR) is 106 cm³/mol. The summed E-state index contributed by atoms with van der Waals surface area (Å²) < 4.78 is 0. The van der Waals surface area contributed by atoms with E-state index in [0.717, 1.165) is 0 Å². The monoisotopic (exact) mass is 416 g/mol. The smallest absolute Gasteiger partial charge is 0.177 e. The van der Waals surface area contributed by atoms with Crippen LogP contribution in [0.4, 0.5) is 0 Å². The van der Waals surface area contributed by atoms with E-state index in [1.54, 1.807) is 14.0 Å². The third-order valence-corrected chi connectivity index (χ3v) is 5.36. The Balaban J connectivity index is 2.18. The maximum Gasteiger partial charge on any atom is 0.177 e. The highest BCUT2D eigenvalue weighted by Crippen LogP contribution is 2.48. The van der Waals surface area contributed by atoms with Gasteiger partial charge in [0.25, 0.3) is 0 Å². The van der Waals surface area contributed by atoms with Gasteiger partial charge in [-0.05, 0) is 6.92 Å². The van der Waals surface area contributed by atoms with Gasteiger partial charge in [-0.2, -0.15) is 31.6 Å². The fourth-order valence-electron chi connectivity index (χ4n) is 3.89. The summed E-state index contributed by atoms with van der Waals surface area (Å²) in [6, 6.07) is 9.19. The molecule has 3 aliphatic rings. The number of nitrogens with zero attached hydrogens (tertiary/aromatic N) is 12. The Morgan fingerprint density at radius 2 is 1.53 bits per heavy atom. The second kappa shape index (κ2) is 6.82. The molecule has 0 amide bonds. The summed E-state index contributed by atoms with van der Waals surface area (Å²) in [5.41, 5.74) is -1.67. The molecule has 1 aromatic heterocycles. The standard InChI is InChI=1S/C20H8N12/c1-20-18-15(27-9(3-21)10(4-22)29-18)17-16(28-13(7-25)14(8-26)32(17)2)19(20)30-11(5-23)12(6-24)31-20/h14,19H,1-2H3. The fourth-order valence-corrected chi connectivity index (χ4v) is 3.89. The van der Waals surface area contributed by atoms with E-state index in [2.05, 4.69) is 24.9 Å². The Kier molecular flexibility index (Phi) is 4.24. The molecule has 4 rings (SSSR count). The second-order valence-electron chi connectivity index (χ2n) is 7.04. The molecule has 2 aliphatic heterocycles. The number of fused-ring (bicyclic) bond motifs is 5. The van der Waals surface area contributed by atoms with Crippen LogP contribution in [0.2, 0.25) is 0 Å². The van der Waals surface area contributed by atoms with Crippen molar-refractivity contribution in [3.63, 3.8) is 0 Å². The molecule has 12 heteroatoms. The van der Waals surface area contributed by atoms with Gasteiger partial charge in [-0.15, -0.1) is 0 Å². The van der Waals surface area contributed by atoms with Gasteiger partial charge in [0.1, 0.15) is 47.6 Å². The van der Waals surface area contributed by atoms with Gasteiger partial charge in [-0.25, -0.2) is 15.0 Å². The maximum atomic E-state index is 9.61. The molecule has 0 saturated heterocycles. The van der Waals surface area contributed by atoms with E-state index in [4.69, 9.17) is 0 Å². The lowest BCUT2D eigenvalue weighted by Crippen LogP contribution is -2.50. The normalized spacial score (nSPS) is 24.9. The lowest BCUT2D eigenvalue weighted by Gasteiger charge is -2.43. The van der Waals surface area contributed by atoms with E-state index < -0.39 is 17.6 Å². The molecule has 1 aromatic rings. The zero-order valence-corrected chi connectivity index (χ0v) is 16.5. The molecule has 1 aliphatic carbocycles. The first kappa shape index (κ1) is 19.9. The van der Waals surface area contributed by atoms with Gasteiger partial charge in [0.05, 0.1) is 23.2 Å². The van der Waals surface area contributed by atoms with E-state index in [1.807, 2.05) is 36.4 Å². The van der Waals surface area contributed by atoms with E-state index in [9.17, 15) is 31.6 Å². The Hall–Kier alpha value is -5.43. The number of hydrogen-bond acceptors (Lipinski definition) is 12. The van der Waals surface area contributed by atoms with Crippen LogP contribution in [-0.4, -0.2) is 51.1 Å². The van der Waals surface area contributed by atoms with Crippen molar-refractivity contribution < 1.29 is 0 Å². The summed E-state index contributed by atoms with van der Waals surface area (Å²) in [6.07, 6.45) is 0. The first-order valence-corrected chi connectivity index (χ1v) is 8.95. The van der Waals surface area contributed by atoms with Crippen molar-refractivity contribution in [1.82, 2.24) is 14.9 Å². The van der Waals surface area contributed by atoms with Crippen LogP contribution in [0, 0.1) is 68.0 Å². The SMILES string of the molecule is CN1C2=C(N=C(C#N)C1C#N)C1N=C(C#N)C(C#N)=NC1(C)c1nc(C#N)c(C#N)nc12. The quantitative estimate of drug-likeness (QED) is 0.565. The van der Waals surface area contributed by atoms with Crippen molar-refractivity contribution in [2.75, 3.05) is 7.05 Å². The number of aromatic nitrogens is 2. The van der Waals surface area contributed by atoms with Gasteiger partial charge < -0.3 is 4.90 Å². The van der Waals surface area contributed by atoms with Crippen molar-refractivity contribution in [3.05, 3.63) is 28.5 Å². The second-order valence-corrected chi connectivity index (χ2v) is 7.04. The summed E-state index contributed by atoms with van der Waals surface area (Å²) in [5.74, 6) is 0. The summed E-state index contributed by atoms with van der Waals surface area (Å²) in [4.78, 5) is 23.3. The zero-order chi connectivity index (χ0) is 23.2. The molecule has 3 atom stereocenters. The highest BCUT2D eigenvalue weighted by atomic mass is 15.2. The molecule has 0 spiro atoms. The molecule has 3 heterocycles. The number of aliphatic imine (C=N–C) groups is 3. The maximum absolute atomic E-state index is 9.61. The molecule has 0 aromatic carbocycles. The topological polar surface area (TPSA) is 209 Å². The van der Waals surface area contributed by atoms with Crippen molar-refractivity contribution in [2.24, 2.45) is 15.0 Å². The van der Waals surface area contributed by atoms with Crippen molar-refractivity contribution in [2.45, 2.75) is 24.5 Å². The van der Waals surface area contributed by atoms with Gasteiger partial charge in [0.2, 0.25) is 0 Å². The third kappa shape index (κ3) is 2.39. The van der Waals surface area contributed by atoms with Gasteiger partial charge in [-0.3, -0.25) is 9.98 Å². The van der Waals surface area contributed by atoms with Crippen LogP contribution in [-0.2, 0) is 5.54 Å². The van der Waals surface area contributed by atoms with Crippen LogP contribution in [0.5, 0.6) is 0 Å². The van der Waals surface area contributed by atoms with E-state index in [0.29, 0.717) is 0 Å². The molecule has 3 unspecified atom stereocenters. The Bertz CT molecular complexity index is 1480. The molecular weight excluding hydrogens is 408 g/mol. The minimum atomic E-state index is -1.41. The largest absolute Gasteiger partial charge is 0.350 e. The average molecular weight is 416 g/mol.